The lowest BCUT2D eigenvalue weighted by atomic mass is 10.1. The van der Waals surface area contributed by atoms with Crippen molar-refractivity contribution in [3.8, 4) is 28.6 Å². The van der Waals surface area contributed by atoms with Crippen molar-refractivity contribution in [3.05, 3.63) is 78.4 Å². The molecule has 1 heterocycles. The first-order valence-electron chi connectivity index (χ1n) is 10.3. The summed E-state index contributed by atoms with van der Waals surface area (Å²) in [5.41, 5.74) is 3.67. The summed E-state index contributed by atoms with van der Waals surface area (Å²) >= 11 is 1.33. The second kappa shape index (κ2) is 10.2. The molecule has 0 unspecified atom stereocenters. The van der Waals surface area contributed by atoms with Crippen molar-refractivity contribution in [2.45, 2.75) is 12.1 Å². The minimum atomic E-state index is -0.133. The van der Waals surface area contributed by atoms with Crippen molar-refractivity contribution in [1.82, 2.24) is 14.8 Å². The highest BCUT2D eigenvalue weighted by molar-refractivity contribution is 7.99. The normalized spacial score (nSPS) is 10.6. The Morgan fingerprint density at radius 3 is 2.24 bits per heavy atom. The van der Waals surface area contributed by atoms with Gasteiger partial charge < -0.3 is 14.8 Å². The smallest absolute Gasteiger partial charge is 0.234 e. The number of carbonyl (C=O) groups is 1. The molecule has 1 aromatic heterocycles. The number of thioether (sulfide) groups is 1. The van der Waals surface area contributed by atoms with Crippen LogP contribution in [0.15, 0.2) is 78.0 Å². The van der Waals surface area contributed by atoms with Gasteiger partial charge in [0.1, 0.15) is 11.5 Å². The molecule has 0 bridgehead atoms. The Labute approximate surface area is 196 Å². The number of aromatic nitrogens is 3. The third-order valence-corrected chi connectivity index (χ3v) is 5.88. The molecule has 8 heteroatoms. The van der Waals surface area contributed by atoms with E-state index < -0.39 is 0 Å². The van der Waals surface area contributed by atoms with Crippen molar-refractivity contribution in [2.24, 2.45) is 0 Å². The van der Waals surface area contributed by atoms with Gasteiger partial charge in [-0.25, -0.2) is 0 Å². The minimum absolute atomic E-state index is 0.133. The number of methoxy groups -OCH3 is 2. The lowest BCUT2D eigenvalue weighted by molar-refractivity contribution is -0.113. The number of benzene rings is 3. The van der Waals surface area contributed by atoms with E-state index in [1.54, 1.807) is 38.5 Å². The molecule has 0 fully saturated rings. The van der Waals surface area contributed by atoms with E-state index in [0.717, 1.165) is 28.3 Å². The van der Waals surface area contributed by atoms with E-state index in [1.807, 2.05) is 54.0 Å². The molecule has 0 aliphatic carbocycles. The molecule has 4 aromatic rings. The monoisotopic (exact) mass is 460 g/mol. The molecule has 0 spiro atoms. The van der Waals surface area contributed by atoms with Gasteiger partial charge in [0.2, 0.25) is 5.91 Å². The molecule has 0 radical (unpaired) electrons. The Morgan fingerprint density at radius 1 is 0.939 bits per heavy atom. The third kappa shape index (κ3) is 5.35. The average molecular weight is 461 g/mol. The van der Waals surface area contributed by atoms with E-state index in [1.165, 1.54) is 11.8 Å². The predicted octanol–water partition coefficient (Wildman–Crippen LogP) is 4.99. The minimum Gasteiger partial charge on any atom is -0.497 e. The summed E-state index contributed by atoms with van der Waals surface area (Å²) in [6.45, 7) is 2.04. The molecule has 0 aliphatic rings. The van der Waals surface area contributed by atoms with E-state index in [4.69, 9.17) is 9.47 Å². The van der Waals surface area contributed by atoms with E-state index in [0.29, 0.717) is 16.7 Å². The fraction of sp³-hybridized carbons (Fsp3) is 0.160. The Morgan fingerprint density at radius 2 is 1.61 bits per heavy atom. The van der Waals surface area contributed by atoms with Gasteiger partial charge in [0.05, 0.1) is 20.0 Å². The summed E-state index contributed by atoms with van der Waals surface area (Å²) in [6.07, 6.45) is 0. The van der Waals surface area contributed by atoms with Gasteiger partial charge in [-0.3, -0.25) is 9.36 Å². The molecule has 3 aromatic carbocycles. The van der Waals surface area contributed by atoms with Gasteiger partial charge in [0.25, 0.3) is 0 Å². The number of amides is 1. The zero-order valence-electron chi connectivity index (χ0n) is 18.6. The molecule has 0 saturated heterocycles. The van der Waals surface area contributed by atoms with Gasteiger partial charge in [-0.2, -0.15) is 0 Å². The molecule has 0 aliphatic heterocycles. The van der Waals surface area contributed by atoms with Crippen LogP contribution in [-0.2, 0) is 4.79 Å². The molecule has 33 heavy (non-hydrogen) atoms. The molecule has 168 valence electrons. The summed E-state index contributed by atoms with van der Waals surface area (Å²) in [5.74, 6) is 2.26. The third-order valence-electron chi connectivity index (χ3n) is 4.95. The van der Waals surface area contributed by atoms with Crippen LogP contribution < -0.4 is 14.8 Å². The first-order chi connectivity index (χ1) is 16.1. The van der Waals surface area contributed by atoms with Crippen molar-refractivity contribution >= 4 is 23.4 Å². The molecule has 0 atom stereocenters. The van der Waals surface area contributed by atoms with Crippen molar-refractivity contribution in [1.29, 1.82) is 0 Å². The first kappa shape index (κ1) is 22.4. The number of ether oxygens (including phenoxy) is 2. The van der Waals surface area contributed by atoms with E-state index in [2.05, 4.69) is 21.6 Å². The van der Waals surface area contributed by atoms with Crippen LogP contribution in [0.5, 0.6) is 11.5 Å². The van der Waals surface area contributed by atoms with Gasteiger partial charge in [0.15, 0.2) is 11.0 Å². The molecular weight excluding hydrogens is 436 g/mol. The summed E-state index contributed by atoms with van der Waals surface area (Å²) < 4.78 is 12.4. The second-order valence-corrected chi connectivity index (χ2v) is 8.22. The van der Waals surface area contributed by atoms with E-state index in [-0.39, 0.29) is 11.7 Å². The molecule has 1 N–H and O–H groups in total. The van der Waals surface area contributed by atoms with Crippen molar-refractivity contribution in [2.75, 3.05) is 25.3 Å². The summed E-state index contributed by atoms with van der Waals surface area (Å²) in [4.78, 5) is 12.6. The lowest BCUT2D eigenvalue weighted by Crippen LogP contribution is -2.14. The van der Waals surface area contributed by atoms with Crippen LogP contribution in [0.2, 0.25) is 0 Å². The number of nitrogens with one attached hydrogen (secondary N) is 1. The summed E-state index contributed by atoms with van der Waals surface area (Å²) in [7, 11) is 3.24. The van der Waals surface area contributed by atoms with Crippen molar-refractivity contribution in [3.63, 3.8) is 0 Å². The van der Waals surface area contributed by atoms with Crippen LogP contribution in [-0.4, -0.2) is 40.6 Å². The summed E-state index contributed by atoms with van der Waals surface area (Å²) in [6, 6.07) is 23.0. The fourth-order valence-electron chi connectivity index (χ4n) is 3.30. The van der Waals surface area contributed by atoms with Crippen molar-refractivity contribution < 1.29 is 14.3 Å². The number of carbonyl (C=O) groups excluding carboxylic acids is 1. The van der Waals surface area contributed by atoms with Gasteiger partial charge in [-0.1, -0.05) is 35.5 Å². The Bertz CT molecular complexity index is 1240. The Kier molecular flexibility index (Phi) is 6.95. The van der Waals surface area contributed by atoms with Crippen LogP contribution in [0, 0.1) is 6.92 Å². The first-order valence-corrected chi connectivity index (χ1v) is 11.3. The highest BCUT2D eigenvalue weighted by Gasteiger charge is 2.18. The SMILES string of the molecule is COc1ccc(NC(=O)CSc2nnc(-c3cccc(C)c3)n2-c2ccc(OC)cc2)cc1. The van der Waals surface area contributed by atoms with Gasteiger partial charge in [-0.15, -0.1) is 10.2 Å². The number of hydrogen-bond donors (Lipinski definition) is 1. The maximum Gasteiger partial charge on any atom is 0.234 e. The molecule has 7 nitrogen and oxygen atoms in total. The average Bonchev–Trinajstić information content (AvgIpc) is 3.27. The second-order valence-electron chi connectivity index (χ2n) is 7.27. The Hall–Kier alpha value is -3.78. The highest BCUT2D eigenvalue weighted by Crippen LogP contribution is 2.29. The van der Waals surface area contributed by atoms with E-state index in [9.17, 15) is 4.79 Å². The van der Waals surface area contributed by atoms with E-state index >= 15 is 0 Å². The zero-order chi connectivity index (χ0) is 23.2. The zero-order valence-corrected chi connectivity index (χ0v) is 19.4. The Balaban J connectivity index is 1.58. The lowest BCUT2D eigenvalue weighted by Gasteiger charge is -2.12. The topological polar surface area (TPSA) is 78.3 Å². The number of hydrogen-bond acceptors (Lipinski definition) is 6. The van der Waals surface area contributed by atoms with Gasteiger partial charge in [0, 0.05) is 16.9 Å². The van der Waals surface area contributed by atoms with Crippen LogP contribution in [0.3, 0.4) is 0 Å². The largest absolute Gasteiger partial charge is 0.497 e. The van der Waals surface area contributed by atoms with Gasteiger partial charge >= 0.3 is 0 Å². The maximum absolute atomic E-state index is 12.6. The number of aryl methyl sites for hydroxylation is 1. The van der Waals surface area contributed by atoms with Gasteiger partial charge in [-0.05, 0) is 61.5 Å². The quantitative estimate of drug-likeness (QED) is 0.373. The highest BCUT2D eigenvalue weighted by atomic mass is 32.2. The fourth-order valence-corrected chi connectivity index (χ4v) is 4.05. The van der Waals surface area contributed by atoms with Crippen LogP contribution >= 0.6 is 11.8 Å². The number of anilines is 1. The summed E-state index contributed by atoms with van der Waals surface area (Å²) in [5, 5.41) is 12.4. The number of rotatable bonds is 8. The van der Waals surface area contributed by atoms with Crippen LogP contribution in [0.4, 0.5) is 5.69 Å². The molecule has 4 rings (SSSR count). The molecule has 1 amide bonds. The molecular formula is C25H24N4O3S. The standard InChI is InChI=1S/C25H24N4O3S/c1-17-5-4-6-18(15-17)24-27-28-25(29(24)20-9-13-22(32-3)14-10-20)33-16-23(30)26-19-7-11-21(31-2)12-8-19/h4-15H,16H2,1-3H3,(H,26,30). The predicted molar refractivity (Wildman–Crippen MR) is 130 cm³/mol. The van der Waals surface area contributed by atoms with Crippen LogP contribution in [0.1, 0.15) is 5.56 Å². The van der Waals surface area contributed by atoms with Crippen LogP contribution in [0.25, 0.3) is 17.1 Å². The molecule has 0 saturated carbocycles. The number of nitrogens with zero attached hydrogens (tertiary/aromatic N) is 3. The maximum atomic E-state index is 12.6.